The van der Waals surface area contributed by atoms with Crippen LogP contribution in [-0.2, 0) is 0 Å². The van der Waals surface area contributed by atoms with Gasteiger partial charge >= 0.3 is 0 Å². The standard InChI is InChI=1S/C22H44/c1-8-12-18(4)16-22(7,15-17(2)3)20(6)19(5)21-13-10-9-11-14-21/h17-21H,8-16H2,1-7H3. The van der Waals surface area contributed by atoms with Crippen LogP contribution in [0.2, 0.25) is 0 Å². The first kappa shape index (κ1) is 20.0. The molecule has 0 saturated heterocycles. The van der Waals surface area contributed by atoms with Crippen LogP contribution in [0.3, 0.4) is 0 Å². The van der Waals surface area contributed by atoms with Gasteiger partial charge in [0.1, 0.15) is 0 Å². The second-order valence-corrected chi connectivity index (χ2v) is 9.40. The molecule has 0 spiro atoms. The average Bonchev–Trinajstić information content (AvgIpc) is 2.45. The van der Waals surface area contributed by atoms with Gasteiger partial charge in [0.15, 0.2) is 0 Å². The molecule has 4 atom stereocenters. The van der Waals surface area contributed by atoms with Crippen molar-refractivity contribution in [1.82, 2.24) is 0 Å². The Bertz CT molecular complexity index is 286. The highest BCUT2D eigenvalue weighted by Crippen LogP contribution is 2.47. The second kappa shape index (κ2) is 9.33. The summed E-state index contributed by atoms with van der Waals surface area (Å²) in [5, 5.41) is 0. The summed E-state index contributed by atoms with van der Waals surface area (Å²) < 4.78 is 0. The van der Waals surface area contributed by atoms with Gasteiger partial charge in [-0.2, -0.15) is 0 Å². The van der Waals surface area contributed by atoms with E-state index in [0.29, 0.717) is 5.41 Å². The molecule has 0 aromatic carbocycles. The second-order valence-electron chi connectivity index (χ2n) is 9.40. The maximum absolute atomic E-state index is 2.61. The summed E-state index contributed by atoms with van der Waals surface area (Å²) in [5.41, 5.74) is 0.527. The van der Waals surface area contributed by atoms with Gasteiger partial charge in [-0.25, -0.2) is 0 Å². The van der Waals surface area contributed by atoms with Crippen molar-refractivity contribution in [3.05, 3.63) is 0 Å². The van der Waals surface area contributed by atoms with Crippen LogP contribution in [0.25, 0.3) is 0 Å². The normalized spacial score (nSPS) is 24.0. The van der Waals surface area contributed by atoms with E-state index in [0.717, 1.165) is 29.6 Å². The van der Waals surface area contributed by atoms with E-state index in [4.69, 9.17) is 0 Å². The molecular weight excluding hydrogens is 264 g/mol. The molecule has 1 aliphatic carbocycles. The molecule has 4 unspecified atom stereocenters. The predicted octanol–water partition coefficient (Wildman–Crippen LogP) is 7.72. The van der Waals surface area contributed by atoms with Crippen LogP contribution in [0.4, 0.5) is 0 Å². The first-order valence-electron chi connectivity index (χ1n) is 10.3. The molecule has 1 aliphatic rings. The highest BCUT2D eigenvalue weighted by Gasteiger charge is 2.38. The molecule has 1 saturated carbocycles. The summed E-state index contributed by atoms with van der Waals surface area (Å²) in [7, 11) is 0. The Morgan fingerprint density at radius 3 is 2.00 bits per heavy atom. The minimum absolute atomic E-state index is 0.527. The molecule has 0 aromatic rings. The van der Waals surface area contributed by atoms with Crippen molar-refractivity contribution in [2.24, 2.45) is 35.0 Å². The smallest absolute Gasteiger partial charge is 0.0293 e. The molecule has 0 aromatic heterocycles. The van der Waals surface area contributed by atoms with Gasteiger partial charge in [0, 0.05) is 0 Å². The van der Waals surface area contributed by atoms with Crippen LogP contribution in [0, 0.1) is 35.0 Å². The third kappa shape index (κ3) is 5.89. The van der Waals surface area contributed by atoms with E-state index < -0.39 is 0 Å². The SMILES string of the molecule is CCCC(C)CC(C)(CC(C)C)C(C)C(C)C1CCCCC1. The van der Waals surface area contributed by atoms with Crippen LogP contribution in [0.1, 0.15) is 106 Å². The van der Waals surface area contributed by atoms with E-state index in [1.54, 1.807) is 0 Å². The molecular formula is C22H44. The average molecular weight is 309 g/mol. The molecule has 0 heteroatoms. The van der Waals surface area contributed by atoms with E-state index >= 15 is 0 Å². The van der Waals surface area contributed by atoms with Gasteiger partial charge in [0.25, 0.3) is 0 Å². The third-order valence-electron chi connectivity index (χ3n) is 6.75. The summed E-state index contributed by atoms with van der Waals surface area (Å²) in [6.07, 6.45) is 13.0. The minimum atomic E-state index is 0.527. The van der Waals surface area contributed by atoms with Crippen molar-refractivity contribution in [3.8, 4) is 0 Å². The number of hydrogen-bond acceptors (Lipinski definition) is 0. The van der Waals surface area contributed by atoms with Crippen molar-refractivity contribution in [3.63, 3.8) is 0 Å². The highest BCUT2D eigenvalue weighted by atomic mass is 14.4. The van der Waals surface area contributed by atoms with Crippen molar-refractivity contribution in [1.29, 1.82) is 0 Å². The van der Waals surface area contributed by atoms with E-state index in [1.165, 1.54) is 57.8 Å². The van der Waals surface area contributed by atoms with E-state index in [1.807, 2.05) is 0 Å². The lowest BCUT2D eigenvalue weighted by molar-refractivity contribution is 0.0483. The zero-order valence-electron chi connectivity index (χ0n) is 16.8. The minimum Gasteiger partial charge on any atom is -0.0654 e. The van der Waals surface area contributed by atoms with Crippen molar-refractivity contribution >= 4 is 0 Å². The maximum Gasteiger partial charge on any atom is -0.0293 e. The van der Waals surface area contributed by atoms with Gasteiger partial charge in [-0.05, 0) is 47.8 Å². The Hall–Kier alpha value is 0. The van der Waals surface area contributed by atoms with Crippen LogP contribution < -0.4 is 0 Å². The first-order valence-corrected chi connectivity index (χ1v) is 10.3. The fourth-order valence-corrected chi connectivity index (χ4v) is 5.48. The zero-order valence-corrected chi connectivity index (χ0v) is 16.8. The highest BCUT2D eigenvalue weighted by molar-refractivity contribution is 4.88. The van der Waals surface area contributed by atoms with Crippen molar-refractivity contribution in [2.75, 3.05) is 0 Å². The molecule has 132 valence electrons. The number of hydrogen-bond donors (Lipinski definition) is 0. The van der Waals surface area contributed by atoms with E-state index in [2.05, 4.69) is 48.5 Å². The Morgan fingerprint density at radius 2 is 1.50 bits per heavy atom. The molecule has 0 heterocycles. The largest absolute Gasteiger partial charge is 0.0654 e. The van der Waals surface area contributed by atoms with Crippen LogP contribution in [0.5, 0.6) is 0 Å². The third-order valence-corrected chi connectivity index (χ3v) is 6.75. The summed E-state index contributed by atoms with van der Waals surface area (Å²) in [5.74, 6) is 4.46. The van der Waals surface area contributed by atoms with Gasteiger partial charge < -0.3 is 0 Å². The zero-order chi connectivity index (χ0) is 16.8. The molecule has 0 aliphatic heterocycles. The lowest BCUT2D eigenvalue weighted by Crippen LogP contribution is -2.36. The quantitative estimate of drug-likeness (QED) is 0.409. The molecule has 22 heavy (non-hydrogen) atoms. The molecule has 0 bridgehead atoms. The molecule has 0 radical (unpaired) electrons. The lowest BCUT2D eigenvalue weighted by atomic mass is 9.60. The summed E-state index contributed by atoms with van der Waals surface area (Å²) in [6, 6.07) is 0. The predicted molar refractivity (Wildman–Crippen MR) is 101 cm³/mol. The monoisotopic (exact) mass is 308 g/mol. The van der Waals surface area contributed by atoms with Gasteiger partial charge in [-0.3, -0.25) is 0 Å². The fraction of sp³-hybridized carbons (Fsp3) is 1.00. The van der Waals surface area contributed by atoms with Gasteiger partial charge in [-0.1, -0.05) is 93.4 Å². The first-order chi connectivity index (χ1) is 10.3. The molecule has 0 N–H and O–H groups in total. The Balaban J connectivity index is 2.78. The van der Waals surface area contributed by atoms with E-state index in [-0.39, 0.29) is 0 Å². The van der Waals surface area contributed by atoms with E-state index in [9.17, 15) is 0 Å². The van der Waals surface area contributed by atoms with Gasteiger partial charge in [0.05, 0.1) is 0 Å². The molecule has 1 rings (SSSR count). The molecule has 0 nitrogen and oxygen atoms in total. The Morgan fingerprint density at radius 1 is 0.909 bits per heavy atom. The Kier molecular flexibility index (Phi) is 8.50. The fourth-order valence-electron chi connectivity index (χ4n) is 5.48. The van der Waals surface area contributed by atoms with Crippen LogP contribution in [0.15, 0.2) is 0 Å². The summed E-state index contributed by atoms with van der Waals surface area (Å²) >= 11 is 0. The Labute approximate surface area is 141 Å². The summed E-state index contributed by atoms with van der Waals surface area (Å²) in [4.78, 5) is 0. The van der Waals surface area contributed by atoms with Gasteiger partial charge in [-0.15, -0.1) is 0 Å². The van der Waals surface area contributed by atoms with Crippen LogP contribution >= 0.6 is 0 Å². The number of rotatable bonds is 9. The van der Waals surface area contributed by atoms with Crippen molar-refractivity contribution < 1.29 is 0 Å². The van der Waals surface area contributed by atoms with Crippen molar-refractivity contribution in [2.45, 2.75) is 106 Å². The lowest BCUT2D eigenvalue weighted by Gasteiger charge is -2.45. The topological polar surface area (TPSA) is 0 Å². The van der Waals surface area contributed by atoms with Crippen LogP contribution in [-0.4, -0.2) is 0 Å². The summed E-state index contributed by atoms with van der Waals surface area (Å²) in [6.45, 7) is 17.4. The maximum atomic E-state index is 2.61. The van der Waals surface area contributed by atoms with Gasteiger partial charge in [0.2, 0.25) is 0 Å². The molecule has 1 fully saturated rings. The molecule has 0 amide bonds.